The van der Waals surface area contributed by atoms with E-state index in [0.29, 0.717) is 44.6 Å². The number of fused-ring (bicyclic) bond motifs is 7. The molecule has 0 aromatic heterocycles. The molecule has 3 saturated carbocycles. The molecule has 73 heavy (non-hydrogen) atoms. The predicted molar refractivity (Wildman–Crippen MR) is 246 cm³/mol. The van der Waals surface area contributed by atoms with E-state index in [4.69, 9.17) is 47.4 Å². The number of carbonyl (C=O) groups is 1. The monoisotopic (exact) mass is 1040 g/mol. The lowest BCUT2D eigenvalue weighted by atomic mass is 9.45. The average Bonchev–Trinajstić information content (AvgIpc) is 3.81. The van der Waals surface area contributed by atoms with Crippen molar-refractivity contribution in [3.63, 3.8) is 0 Å². The van der Waals surface area contributed by atoms with Gasteiger partial charge in [0.25, 0.3) is 0 Å². The first-order valence-electron chi connectivity index (χ1n) is 26.7. The van der Waals surface area contributed by atoms with E-state index in [-0.39, 0.29) is 41.5 Å². The molecule has 0 bridgehead atoms. The van der Waals surface area contributed by atoms with Crippen LogP contribution in [0.3, 0.4) is 0 Å². The summed E-state index contributed by atoms with van der Waals surface area (Å²) in [5.41, 5.74) is -0.360. The van der Waals surface area contributed by atoms with Gasteiger partial charge in [-0.1, -0.05) is 39.3 Å². The van der Waals surface area contributed by atoms with Crippen LogP contribution in [-0.4, -0.2) is 222 Å². The van der Waals surface area contributed by atoms with Gasteiger partial charge in [0.15, 0.2) is 36.7 Å². The molecule has 32 atom stereocenters. The molecule has 0 aromatic carbocycles. The van der Waals surface area contributed by atoms with Crippen LogP contribution in [0.5, 0.6) is 0 Å². The van der Waals surface area contributed by atoms with E-state index in [0.717, 1.165) is 18.4 Å². The van der Waals surface area contributed by atoms with Gasteiger partial charge in [0.2, 0.25) is 0 Å². The van der Waals surface area contributed by atoms with Crippen molar-refractivity contribution in [2.24, 2.45) is 46.3 Å². The summed E-state index contributed by atoms with van der Waals surface area (Å²) in [7, 11) is 0. The maximum atomic E-state index is 14.8. The fourth-order valence-electron chi connectivity index (χ4n) is 15.2. The van der Waals surface area contributed by atoms with Crippen LogP contribution in [0.4, 0.5) is 0 Å². The van der Waals surface area contributed by atoms with E-state index < -0.39 is 158 Å². The van der Waals surface area contributed by atoms with Crippen LogP contribution in [-0.2, 0) is 52.2 Å². The second-order valence-electron chi connectivity index (χ2n) is 23.8. The number of rotatable bonds is 9. The van der Waals surface area contributed by atoms with E-state index in [1.807, 2.05) is 0 Å². The van der Waals surface area contributed by atoms with Gasteiger partial charge in [-0.05, 0) is 82.5 Å². The Bertz CT molecular complexity index is 2010. The number of Topliss-reactive ketones (excluding diaryl/α,β-unsaturated/α-hetero) is 1. The van der Waals surface area contributed by atoms with Crippen molar-refractivity contribution in [1.82, 2.24) is 0 Å². The van der Waals surface area contributed by atoms with Gasteiger partial charge in [-0.3, -0.25) is 4.79 Å². The van der Waals surface area contributed by atoms with E-state index >= 15 is 0 Å². The third-order valence-electron chi connectivity index (χ3n) is 19.6. The first kappa shape index (κ1) is 54.9. The maximum absolute atomic E-state index is 14.8. The van der Waals surface area contributed by atoms with Crippen LogP contribution < -0.4 is 0 Å². The van der Waals surface area contributed by atoms with E-state index in [2.05, 4.69) is 33.8 Å². The van der Waals surface area contributed by atoms with E-state index in [1.54, 1.807) is 0 Å². The third-order valence-corrected chi connectivity index (χ3v) is 19.6. The molecule has 11 N–H and O–H groups in total. The van der Waals surface area contributed by atoms with Crippen LogP contribution in [0.2, 0.25) is 0 Å². The fraction of sp³-hybridized carbons (Fsp3) is 0.941. The molecular formula is C51H80O22. The number of hydrogen-bond donors (Lipinski definition) is 11. The number of aliphatic hydroxyl groups is 11. The first-order chi connectivity index (χ1) is 34.4. The summed E-state index contributed by atoms with van der Waals surface area (Å²) in [4.78, 5) is 14.8. The highest BCUT2D eigenvalue weighted by atomic mass is 16.8. The molecule has 0 aromatic rings. The van der Waals surface area contributed by atoms with Gasteiger partial charge in [0.1, 0.15) is 85.5 Å². The van der Waals surface area contributed by atoms with Crippen molar-refractivity contribution in [3.05, 3.63) is 11.6 Å². The predicted octanol–water partition coefficient (Wildman–Crippen LogP) is -1.76. The highest BCUT2D eigenvalue weighted by molar-refractivity contribution is 5.91. The van der Waals surface area contributed by atoms with E-state index in [9.17, 15) is 61.0 Å². The molecule has 9 fully saturated rings. The summed E-state index contributed by atoms with van der Waals surface area (Å²) < 4.78 is 61.7. The van der Waals surface area contributed by atoms with Crippen LogP contribution in [0.15, 0.2) is 11.6 Å². The van der Waals surface area contributed by atoms with Crippen LogP contribution in [0, 0.1) is 46.3 Å². The Labute approximate surface area is 424 Å². The minimum Gasteiger partial charge on any atom is -0.394 e. The number of aliphatic hydroxyl groups excluding tert-OH is 11. The smallest absolute Gasteiger partial charge is 0.187 e. The third kappa shape index (κ3) is 8.95. The van der Waals surface area contributed by atoms with Crippen molar-refractivity contribution in [2.45, 2.75) is 240 Å². The molecule has 22 nitrogen and oxygen atoms in total. The van der Waals surface area contributed by atoms with Crippen LogP contribution in [0.25, 0.3) is 0 Å². The largest absolute Gasteiger partial charge is 0.394 e. The minimum atomic E-state index is -1.89. The van der Waals surface area contributed by atoms with Gasteiger partial charge in [-0.15, -0.1) is 0 Å². The van der Waals surface area contributed by atoms with Crippen molar-refractivity contribution >= 4 is 5.78 Å². The lowest BCUT2D eigenvalue weighted by molar-refractivity contribution is -0.394. The molecule has 0 radical (unpaired) electrons. The van der Waals surface area contributed by atoms with Gasteiger partial charge in [-0.25, -0.2) is 0 Å². The fourth-order valence-corrected chi connectivity index (χ4v) is 15.2. The normalized spacial score (nSPS) is 58.2. The summed E-state index contributed by atoms with van der Waals surface area (Å²) in [6, 6.07) is 0. The number of hydrogen-bond acceptors (Lipinski definition) is 22. The molecule has 1 spiro atoms. The lowest BCUT2D eigenvalue weighted by Gasteiger charge is -2.59. The zero-order chi connectivity index (χ0) is 52.5. The Morgan fingerprint density at radius 1 is 0.630 bits per heavy atom. The second-order valence-corrected chi connectivity index (χ2v) is 23.8. The van der Waals surface area contributed by atoms with Crippen LogP contribution in [0.1, 0.15) is 93.4 Å². The number of ketones is 1. The standard InChI is InChI=1S/C51H80O22/c1-18-10-13-51(64-17-18)19(2)29-27(73-51)15-26-25-9-8-23-14-24(11-12-49(23,6)30(25)33(55)44(63)50(26,29)7)68-48-43(72-46-38(60)35(57)32(54)21(4)66-46)40(62)42(28(16-52)69-48)71-47-39(61)36(58)41(22(5)67-47)70-45-37(59)34(56)31(53)20(3)65-45/h8,18-22,24-43,45-48,52-62H,9-17H2,1-7H3. The Hall–Kier alpha value is -1.43. The molecule has 6 heterocycles. The molecule has 6 saturated heterocycles. The summed E-state index contributed by atoms with van der Waals surface area (Å²) in [6.07, 6.45) is -26.0. The number of ether oxygens (including phenoxy) is 10. The Kier molecular flexibility index (Phi) is 15.3. The highest BCUT2D eigenvalue weighted by Gasteiger charge is 2.73. The number of carbonyl (C=O) groups excluding carboxylic acids is 1. The van der Waals surface area contributed by atoms with Crippen molar-refractivity contribution in [2.75, 3.05) is 13.2 Å². The molecule has 416 valence electrons. The Balaban J connectivity index is 0.854. The molecule has 4 aliphatic carbocycles. The minimum absolute atomic E-state index is 0.00377. The maximum Gasteiger partial charge on any atom is 0.187 e. The summed E-state index contributed by atoms with van der Waals surface area (Å²) in [5.74, 6) is -0.860. The van der Waals surface area contributed by atoms with Gasteiger partial charge in [0.05, 0.1) is 43.7 Å². The molecule has 32 unspecified atom stereocenters. The lowest BCUT2D eigenvalue weighted by Crippen LogP contribution is -2.67. The zero-order valence-corrected chi connectivity index (χ0v) is 42.6. The molecule has 10 rings (SSSR count). The summed E-state index contributed by atoms with van der Waals surface area (Å²) in [5, 5.41) is 121. The highest BCUT2D eigenvalue weighted by Crippen LogP contribution is 2.70. The zero-order valence-electron chi connectivity index (χ0n) is 42.6. The Morgan fingerprint density at radius 3 is 1.82 bits per heavy atom. The SMILES string of the molecule is CC1CCC2(OC1)OC1CC3C4CC=C5CC(OC6OC(CO)C(OC7OC(C)C(OC8OC(C)C(O)C(O)C8O)C(O)C7O)C(O)C6OC6OC(C)C(O)C(O)C6O)CCC5(C)C4C(O)C(=O)C3(C)C1C2C. The van der Waals surface area contributed by atoms with Gasteiger partial charge >= 0.3 is 0 Å². The first-order valence-corrected chi connectivity index (χ1v) is 26.7. The molecular weight excluding hydrogens is 965 g/mol. The molecule has 22 heteroatoms. The van der Waals surface area contributed by atoms with Crippen molar-refractivity contribution in [1.29, 1.82) is 0 Å². The van der Waals surface area contributed by atoms with Crippen molar-refractivity contribution in [3.8, 4) is 0 Å². The molecule has 0 amide bonds. The topological polar surface area (TPSA) is 332 Å². The van der Waals surface area contributed by atoms with E-state index in [1.165, 1.54) is 20.8 Å². The summed E-state index contributed by atoms with van der Waals surface area (Å²) in [6.45, 7) is 12.7. The van der Waals surface area contributed by atoms with Crippen molar-refractivity contribution < 1.29 is 108 Å². The van der Waals surface area contributed by atoms with Gasteiger partial charge < -0.3 is 104 Å². The molecule has 10 aliphatic rings. The van der Waals surface area contributed by atoms with Crippen LogP contribution >= 0.6 is 0 Å². The summed E-state index contributed by atoms with van der Waals surface area (Å²) >= 11 is 0. The second kappa shape index (κ2) is 20.3. The quantitative estimate of drug-likeness (QED) is 0.114. The van der Waals surface area contributed by atoms with Gasteiger partial charge in [-0.2, -0.15) is 0 Å². The Morgan fingerprint density at radius 2 is 1.22 bits per heavy atom. The van der Waals surface area contributed by atoms with Gasteiger partial charge in [0, 0.05) is 29.6 Å². The molecule has 6 aliphatic heterocycles. The number of allylic oxidation sites excluding steroid dienone is 1. The average molecular weight is 1050 g/mol.